The van der Waals surface area contributed by atoms with Crippen LogP contribution in [0.1, 0.15) is 43.9 Å². The maximum Gasteiger partial charge on any atom is 0.234 e. The number of rotatable bonds is 8. The number of hydrogen-bond acceptors (Lipinski definition) is 2. The van der Waals surface area contributed by atoms with Gasteiger partial charge in [0.05, 0.1) is 12.6 Å². The summed E-state index contributed by atoms with van der Waals surface area (Å²) in [6.07, 6.45) is 2.01. The lowest BCUT2D eigenvalue weighted by Gasteiger charge is -2.29. The Kier molecular flexibility index (Phi) is 7.14. The maximum atomic E-state index is 13.3. The van der Waals surface area contributed by atoms with Crippen molar-refractivity contribution in [2.45, 2.75) is 38.8 Å². The van der Waals surface area contributed by atoms with E-state index in [1.807, 2.05) is 49.2 Å². The van der Waals surface area contributed by atoms with Gasteiger partial charge in [0.1, 0.15) is 5.82 Å². The lowest BCUT2D eigenvalue weighted by atomic mass is 9.97. The molecule has 0 radical (unpaired) electrons. The van der Waals surface area contributed by atoms with Crippen molar-refractivity contribution in [2.24, 2.45) is 0 Å². The van der Waals surface area contributed by atoms with Crippen LogP contribution in [0.3, 0.4) is 0 Å². The molecule has 0 aliphatic carbocycles. The molecule has 0 spiro atoms. The van der Waals surface area contributed by atoms with Crippen molar-refractivity contribution in [3.63, 3.8) is 0 Å². The van der Waals surface area contributed by atoms with E-state index >= 15 is 0 Å². The Morgan fingerprint density at radius 1 is 1.08 bits per heavy atom. The Bertz CT molecular complexity index is 657. The average Bonchev–Trinajstić information content (AvgIpc) is 2.58. The van der Waals surface area contributed by atoms with E-state index in [2.05, 4.69) is 12.2 Å². The average molecular weight is 342 g/mol. The van der Waals surface area contributed by atoms with Crippen LogP contribution >= 0.6 is 0 Å². The molecule has 0 heterocycles. The summed E-state index contributed by atoms with van der Waals surface area (Å²) in [5.74, 6) is -0.254. The zero-order chi connectivity index (χ0) is 18.2. The number of benzene rings is 2. The van der Waals surface area contributed by atoms with Gasteiger partial charge in [-0.3, -0.25) is 9.69 Å². The normalized spacial score (nSPS) is 13.5. The van der Waals surface area contributed by atoms with Gasteiger partial charge in [-0.2, -0.15) is 0 Å². The highest BCUT2D eigenvalue weighted by Gasteiger charge is 2.21. The zero-order valence-electron chi connectivity index (χ0n) is 15.2. The monoisotopic (exact) mass is 342 g/mol. The molecule has 4 heteroatoms. The van der Waals surface area contributed by atoms with Gasteiger partial charge in [0, 0.05) is 6.04 Å². The Morgan fingerprint density at radius 2 is 1.68 bits per heavy atom. The van der Waals surface area contributed by atoms with Gasteiger partial charge in [-0.15, -0.1) is 0 Å². The number of likely N-dealkylation sites (N-methyl/N-ethyl adjacent to an activating group) is 1. The van der Waals surface area contributed by atoms with E-state index in [1.54, 1.807) is 12.1 Å². The first-order valence-electron chi connectivity index (χ1n) is 8.81. The number of hydrogen-bond donors (Lipinski definition) is 1. The van der Waals surface area contributed by atoms with Gasteiger partial charge < -0.3 is 5.32 Å². The van der Waals surface area contributed by atoms with Gasteiger partial charge in [0.15, 0.2) is 0 Å². The molecule has 2 aromatic carbocycles. The highest BCUT2D eigenvalue weighted by atomic mass is 19.1. The van der Waals surface area contributed by atoms with Crippen molar-refractivity contribution in [1.82, 2.24) is 10.2 Å². The van der Waals surface area contributed by atoms with Gasteiger partial charge in [0.25, 0.3) is 0 Å². The molecule has 0 aromatic heterocycles. The Balaban J connectivity index is 2.17. The van der Waals surface area contributed by atoms with Crippen LogP contribution in [0.4, 0.5) is 4.39 Å². The number of nitrogens with zero attached hydrogens (tertiary/aromatic N) is 1. The summed E-state index contributed by atoms with van der Waals surface area (Å²) >= 11 is 0. The molecule has 0 fully saturated rings. The van der Waals surface area contributed by atoms with Gasteiger partial charge in [-0.25, -0.2) is 4.39 Å². The summed E-state index contributed by atoms with van der Waals surface area (Å²) in [4.78, 5) is 14.3. The molecule has 0 aliphatic heterocycles. The molecule has 3 nitrogen and oxygen atoms in total. The first-order chi connectivity index (χ1) is 12.0. The van der Waals surface area contributed by atoms with Crippen LogP contribution in [0, 0.1) is 5.82 Å². The van der Waals surface area contributed by atoms with Crippen molar-refractivity contribution in [3.8, 4) is 0 Å². The molecule has 2 atom stereocenters. The molecule has 2 rings (SSSR count). The van der Waals surface area contributed by atoms with Crippen LogP contribution < -0.4 is 5.32 Å². The predicted molar refractivity (Wildman–Crippen MR) is 99.8 cm³/mol. The van der Waals surface area contributed by atoms with E-state index in [1.165, 1.54) is 12.1 Å². The van der Waals surface area contributed by atoms with Crippen molar-refractivity contribution in [2.75, 3.05) is 13.6 Å². The summed E-state index contributed by atoms with van der Waals surface area (Å²) in [5.41, 5.74) is 2.04. The minimum atomic E-state index is -0.260. The van der Waals surface area contributed by atoms with Crippen molar-refractivity contribution in [3.05, 3.63) is 71.5 Å². The molecule has 25 heavy (non-hydrogen) atoms. The van der Waals surface area contributed by atoms with Gasteiger partial charge >= 0.3 is 0 Å². The third-order valence-corrected chi connectivity index (χ3v) is 4.26. The van der Waals surface area contributed by atoms with Gasteiger partial charge in [0.2, 0.25) is 5.91 Å². The fourth-order valence-electron chi connectivity index (χ4n) is 3.13. The first kappa shape index (κ1) is 19.1. The van der Waals surface area contributed by atoms with Crippen molar-refractivity contribution < 1.29 is 9.18 Å². The molecule has 1 amide bonds. The second kappa shape index (κ2) is 9.33. The lowest BCUT2D eigenvalue weighted by Crippen LogP contribution is -2.41. The number of carbonyl (C=O) groups excluding carboxylic acids is 1. The van der Waals surface area contributed by atoms with Crippen LogP contribution in [0.5, 0.6) is 0 Å². The SMILES string of the molecule is CCCC(C)NC(=O)CN(C)C(c1ccccc1)c1ccc(F)cc1. The number of halogens is 1. The van der Waals surface area contributed by atoms with Crippen LogP contribution in [-0.2, 0) is 4.79 Å². The Labute approximate surface area is 149 Å². The number of carbonyl (C=O) groups is 1. The summed E-state index contributed by atoms with van der Waals surface area (Å²) in [6.45, 7) is 4.41. The van der Waals surface area contributed by atoms with Gasteiger partial charge in [-0.05, 0) is 43.7 Å². The van der Waals surface area contributed by atoms with E-state index in [-0.39, 0.29) is 30.4 Å². The third-order valence-electron chi connectivity index (χ3n) is 4.26. The highest BCUT2D eigenvalue weighted by molar-refractivity contribution is 5.78. The second-order valence-corrected chi connectivity index (χ2v) is 6.54. The molecule has 2 aromatic rings. The maximum absolute atomic E-state index is 13.3. The largest absolute Gasteiger partial charge is 0.353 e. The quantitative estimate of drug-likeness (QED) is 0.781. The number of amides is 1. The molecular weight excluding hydrogens is 315 g/mol. The van der Waals surface area contributed by atoms with Crippen LogP contribution in [0.15, 0.2) is 54.6 Å². The Hall–Kier alpha value is -2.20. The van der Waals surface area contributed by atoms with Crippen LogP contribution in [-0.4, -0.2) is 30.4 Å². The summed E-state index contributed by atoms with van der Waals surface area (Å²) in [6, 6.07) is 16.5. The molecule has 1 N–H and O–H groups in total. The molecule has 0 saturated carbocycles. The van der Waals surface area contributed by atoms with Gasteiger partial charge in [-0.1, -0.05) is 55.8 Å². The molecule has 0 bridgehead atoms. The van der Waals surface area contributed by atoms with Crippen molar-refractivity contribution >= 4 is 5.91 Å². The van der Waals surface area contributed by atoms with E-state index in [9.17, 15) is 9.18 Å². The smallest absolute Gasteiger partial charge is 0.234 e. The molecule has 2 unspecified atom stereocenters. The minimum absolute atomic E-state index is 0.00601. The predicted octanol–water partition coefficient (Wildman–Crippen LogP) is 4.15. The first-order valence-corrected chi connectivity index (χ1v) is 8.81. The summed E-state index contributed by atoms with van der Waals surface area (Å²) in [5, 5.41) is 3.04. The zero-order valence-corrected chi connectivity index (χ0v) is 15.2. The standard InChI is InChI=1S/C21H27FN2O/c1-4-8-16(2)23-20(25)15-24(3)21(17-9-6-5-7-10-17)18-11-13-19(22)14-12-18/h5-7,9-14,16,21H,4,8,15H2,1-3H3,(H,23,25). The van der Waals surface area contributed by atoms with E-state index in [4.69, 9.17) is 0 Å². The molecule has 134 valence electrons. The fraction of sp³-hybridized carbons (Fsp3) is 0.381. The van der Waals surface area contributed by atoms with E-state index in [0.29, 0.717) is 0 Å². The summed E-state index contributed by atoms with van der Waals surface area (Å²) in [7, 11) is 1.92. The van der Waals surface area contributed by atoms with E-state index in [0.717, 1.165) is 24.0 Å². The molecule has 0 saturated heterocycles. The Morgan fingerprint density at radius 3 is 2.28 bits per heavy atom. The topological polar surface area (TPSA) is 32.3 Å². The van der Waals surface area contributed by atoms with Crippen molar-refractivity contribution in [1.29, 1.82) is 0 Å². The summed E-state index contributed by atoms with van der Waals surface area (Å²) < 4.78 is 13.3. The highest BCUT2D eigenvalue weighted by Crippen LogP contribution is 2.27. The lowest BCUT2D eigenvalue weighted by molar-refractivity contribution is -0.122. The fourth-order valence-corrected chi connectivity index (χ4v) is 3.13. The minimum Gasteiger partial charge on any atom is -0.353 e. The van der Waals surface area contributed by atoms with E-state index < -0.39 is 0 Å². The third kappa shape index (κ3) is 5.68. The molecule has 0 aliphatic rings. The van der Waals surface area contributed by atoms with Crippen LogP contribution in [0.2, 0.25) is 0 Å². The molecular formula is C21H27FN2O. The number of nitrogens with one attached hydrogen (secondary N) is 1. The second-order valence-electron chi connectivity index (χ2n) is 6.54. The van der Waals surface area contributed by atoms with Crippen LogP contribution in [0.25, 0.3) is 0 Å².